The summed E-state index contributed by atoms with van der Waals surface area (Å²) in [5.41, 5.74) is 3.71. The molecule has 1 amide bonds. The SMILES string of the molecule is Cc1ccc(NC(=O)CN(CCc2ccccc2)S(=O)(=O)c2ccc(C)cc2)cc1. The molecule has 0 unspecified atom stereocenters. The molecule has 156 valence electrons. The summed E-state index contributed by atoms with van der Waals surface area (Å²) in [6.07, 6.45) is 0.518. The highest BCUT2D eigenvalue weighted by Crippen LogP contribution is 2.18. The number of carbonyl (C=O) groups excluding carboxylic acids is 1. The van der Waals surface area contributed by atoms with Crippen molar-refractivity contribution in [3.8, 4) is 0 Å². The zero-order chi connectivity index (χ0) is 21.6. The van der Waals surface area contributed by atoms with Crippen LogP contribution in [0.2, 0.25) is 0 Å². The molecule has 6 heteroatoms. The monoisotopic (exact) mass is 422 g/mol. The average Bonchev–Trinajstić information content (AvgIpc) is 2.73. The van der Waals surface area contributed by atoms with E-state index in [1.54, 1.807) is 36.4 Å². The maximum atomic E-state index is 13.2. The van der Waals surface area contributed by atoms with Gasteiger partial charge in [-0.1, -0.05) is 65.7 Å². The van der Waals surface area contributed by atoms with E-state index in [1.165, 1.54) is 4.31 Å². The molecule has 0 atom stereocenters. The van der Waals surface area contributed by atoms with Gasteiger partial charge in [-0.05, 0) is 50.1 Å². The molecule has 0 spiro atoms. The van der Waals surface area contributed by atoms with Crippen LogP contribution in [0.3, 0.4) is 0 Å². The predicted octanol–water partition coefficient (Wildman–Crippen LogP) is 4.18. The Kier molecular flexibility index (Phi) is 7.03. The van der Waals surface area contributed by atoms with Crippen molar-refractivity contribution in [1.29, 1.82) is 0 Å². The molecule has 1 N–H and O–H groups in total. The van der Waals surface area contributed by atoms with Crippen LogP contribution in [0, 0.1) is 13.8 Å². The van der Waals surface area contributed by atoms with Crippen LogP contribution in [0.5, 0.6) is 0 Å². The second-order valence-corrected chi connectivity index (χ2v) is 9.24. The largest absolute Gasteiger partial charge is 0.325 e. The summed E-state index contributed by atoms with van der Waals surface area (Å²) >= 11 is 0. The van der Waals surface area contributed by atoms with Gasteiger partial charge >= 0.3 is 0 Å². The zero-order valence-corrected chi connectivity index (χ0v) is 18.0. The van der Waals surface area contributed by atoms with Crippen molar-refractivity contribution in [1.82, 2.24) is 4.31 Å². The van der Waals surface area contributed by atoms with Crippen LogP contribution in [0.4, 0.5) is 5.69 Å². The Morgan fingerprint density at radius 1 is 0.833 bits per heavy atom. The fourth-order valence-corrected chi connectivity index (χ4v) is 4.44. The first-order valence-corrected chi connectivity index (χ1v) is 11.3. The Bertz CT molecular complexity index is 1080. The predicted molar refractivity (Wildman–Crippen MR) is 120 cm³/mol. The number of sulfonamides is 1. The summed E-state index contributed by atoms with van der Waals surface area (Å²) in [5, 5.41) is 2.79. The first kappa shape index (κ1) is 21.7. The fraction of sp³-hybridized carbons (Fsp3) is 0.208. The molecule has 0 saturated carbocycles. The van der Waals surface area contributed by atoms with Gasteiger partial charge in [0.25, 0.3) is 0 Å². The van der Waals surface area contributed by atoms with Crippen molar-refractivity contribution in [2.75, 3.05) is 18.4 Å². The molecule has 30 heavy (non-hydrogen) atoms. The van der Waals surface area contributed by atoms with E-state index in [9.17, 15) is 13.2 Å². The third-order valence-corrected chi connectivity index (χ3v) is 6.67. The minimum Gasteiger partial charge on any atom is -0.325 e. The lowest BCUT2D eigenvalue weighted by atomic mass is 10.1. The minimum absolute atomic E-state index is 0.185. The molecule has 3 aromatic carbocycles. The molecule has 5 nitrogen and oxygen atoms in total. The van der Waals surface area contributed by atoms with E-state index in [1.807, 2.05) is 56.3 Å². The fourth-order valence-electron chi connectivity index (χ4n) is 3.04. The number of hydrogen-bond acceptors (Lipinski definition) is 3. The number of hydrogen-bond donors (Lipinski definition) is 1. The van der Waals surface area contributed by atoms with Crippen LogP contribution < -0.4 is 5.32 Å². The van der Waals surface area contributed by atoms with Crippen LogP contribution in [-0.4, -0.2) is 31.7 Å². The third kappa shape index (κ3) is 5.78. The second kappa shape index (κ2) is 9.69. The number of rotatable bonds is 8. The average molecular weight is 423 g/mol. The van der Waals surface area contributed by atoms with Crippen LogP contribution in [0.1, 0.15) is 16.7 Å². The number of benzene rings is 3. The quantitative estimate of drug-likeness (QED) is 0.592. The second-order valence-electron chi connectivity index (χ2n) is 7.30. The Morgan fingerprint density at radius 3 is 2.00 bits per heavy atom. The van der Waals surface area contributed by atoms with E-state index in [0.29, 0.717) is 12.1 Å². The number of carbonyl (C=O) groups is 1. The minimum atomic E-state index is -3.81. The Morgan fingerprint density at radius 2 is 1.40 bits per heavy atom. The summed E-state index contributed by atoms with van der Waals surface area (Å²) < 4.78 is 27.7. The standard InChI is InChI=1S/C24H26N2O3S/c1-19-8-12-22(13-9-19)25-24(27)18-26(17-16-21-6-4-3-5-7-21)30(28,29)23-14-10-20(2)11-15-23/h3-15H,16-18H2,1-2H3,(H,25,27). The smallest absolute Gasteiger partial charge is 0.243 e. The molecule has 0 aliphatic carbocycles. The summed E-state index contributed by atoms with van der Waals surface area (Å²) in [4.78, 5) is 12.8. The maximum Gasteiger partial charge on any atom is 0.243 e. The first-order valence-electron chi connectivity index (χ1n) is 9.82. The van der Waals surface area contributed by atoms with Gasteiger partial charge in [-0.25, -0.2) is 8.42 Å². The Labute approximate surface area is 178 Å². The molecule has 0 radical (unpaired) electrons. The lowest BCUT2D eigenvalue weighted by molar-refractivity contribution is -0.116. The van der Waals surface area contributed by atoms with Gasteiger partial charge in [0.05, 0.1) is 11.4 Å². The molecular formula is C24H26N2O3S. The highest BCUT2D eigenvalue weighted by molar-refractivity contribution is 7.89. The lowest BCUT2D eigenvalue weighted by Gasteiger charge is -2.22. The van der Waals surface area contributed by atoms with Gasteiger partial charge in [-0.15, -0.1) is 0 Å². The highest BCUT2D eigenvalue weighted by Gasteiger charge is 2.26. The maximum absolute atomic E-state index is 13.2. The van der Waals surface area contributed by atoms with E-state index in [-0.39, 0.29) is 23.9 Å². The molecule has 0 aliphatic heterocycles. The highest BCUT2D eigenvalue weighted by atomic mass is 32.2. The van der Waals surface area contributed by atoms with Crippen LogP contribution in [0.25, 0.3) is 0 Å². The van der Waals surface area contributed by atoms with Crippen molar-refractivity contribution in [2.45, 2.75) is 25.2 Å². The van der Waals surface area contributed by atoms with Crippen molar-refractivity contribution in [3.05, 3.63) is 95.6 Å². The number of aryl methyl sites for hydroxylation is 2. The van der Waals surface area contributed by atoms with Gasteiger partial charge in [0.1, 0.15) is 0 Å². The van der Waals surface area contributed by atoms with E-state index in [4.69, 9.17) is 0 Å². The molecule has 0 aromatic heterocycles. The normalized spacial score (nSPS) is 11.4. The van der Waals surface area contributed by atoms with Gasteiger partial charge in [0.2, 0.25) is 15.9 Å². The zero-order valence-electron chi connectivity index (χ0n) is 17.2. The van der Waals surface area contributed by atoms with Gasteiger partial charge in [0.15, 0.2) is 0 Å². The summed E-state index contributed by atoms with van der Waals surface area (Å²) in [6, 6.07) is 23.7. The number of amides is 1. The first-order chi connectivity index (χ1) is 14.3. The topological polar surface area (TPSA) is 66.5 Å². The number of anilines is 1. The molecule has 0 aliphatic rings. The van der Waals surface area contributed by atoms with Gasteiger partial charge in [0, 0.05) is 12.2 Å². The summed E-state index contributed by atoms with van der Waals surface area (Å²) in [5.74, 6) is -0.373. The van der Waals surface area contributed by atoms with Gasteiger partial charge in [-0.3, -0.25) is 4.79 Å². The molecule has 3 rings (SSSR count). The molecule has 0 bridgehead atoms. The third-order valence-electron chi connectivity index (χ3n) is 4.81. The van der Waals surface area contributed by atoms with Crippen molar-refractivity contribution < 1.29 is 13.2 Å². The summed E-state index contributed by atoms with van der Waals surface area (Å²) in [6.45, 7) is 3.82. The molecule has 3 aromatic rings. The van der Waals surface area contributed by atoms with E-state index in [0.717, 1.165) is 16.7 Å². The van der Waals surface area contributed by atoms with Gasteiger partial charge < -0.3 is 5.32 Å². The van der Waals surface area contributed by atoms with E-state index in [2.05, 4.69) is 5.32 Å². The molecular weight excluding hydrogens is 396 g/mol. The Balaban J connectivity index is 1.79. The van der Waals surface area contributed by atoms with E-state index >= 15 is 0 Å². The van der Waals surface area contributed by atoms with Crippen molar-refractivity contribution in [3.63, 3.8) is 0 Å². The molecule has 0 heterocycles. The Hall–Kier alpha value is -2.96. The lowest BCUT2D eigenvalue weighted by Crippen LogP contribution is -2.39. The van der Waals surface area contributed by atoms with Crippen LogP contribution >= 0.6 is 0 Å². The van der Waals surface area contributed by atoms with E-state index < -0.39 is 10.0 Å². The van der Waals surface area contributed by atoms with Crippen molar-refractivity contribution >= 4 is 21.6 Å². The number of nitrogens with one attached hydrogen (secondary N) is 1. The summed E-state index contributed by atoms with van der Waals surface area (Å²) in [7, 11) is -3.81. The molecule has 0 fully saturated rings. The van der Waals surface area contributed by atoms with Gasteiger partial charge in [-0.2, -0.15) is 4.31 Å². The van der Waals surface area contributed by atoms with Crippen molar-refractivity contribution in [2.24, 2.45) is 0 Å². The molecule has 0 saturated heterocycles. The van der Waals surface area contributed by atoms with Crippen LogP contribution in [0.15, 0.2) is 83.8 Å². The number of nitrogens with zero attached hydrogens (tertiary/aromatic N) is 1. The van der Waals surface area contributed by atoms with Crippen LogP contribution in [-0.2, 0) is 21.2 Å².